The fraction of sp³-hybridized carbons (Fsp3) is 0.238. The largest absolute Gasteiger partial charge is 0.491 e. The monoisotopic (exact) mass is 380 g/mol. The van der Waals surface area contributed by atoms with Gasteiger partial charge in [0.2, 0.25) is 0 Å². The molecule has 1 unspecified atom stereocenters. The summed E-state index contributed by atoms with van der Waals surface area (Å²) < 4.78 is 7.17. The molecule has 1 atom stereocenters. The second kappa shape index (κ2) is 7.13. The zero-order valence-electron chi connectivity index (χ0n) is 15.2. The zero-order valence-corrected chi connectivity index (χ0v) is 16.0. The second-order valence-corrected chi connectivity index (χ2v) is 7.84. The highest BCUT2D eigenvalue weighted by molar-refractivity contribution is 7.18. The first-order valence-electron chi connectivity index (χ1n) is 8.78. The van der Waals surface area contributed by atoms with Gasteiger partial charge >= 0.3 is 0 Å². The van der Waals surface area contributed by atoms with Gasteiger partial charge in [-0.05, 0) is 42.3 Å². The van der Waals surface area contributed by atoms with Gasteiger partial charge in [0.25, 0.3) is 5.56 Å². The predicted molar refractivity (Wildman–Crippen MR) is 109 cm³/mol. The molecule has 0 saturated heterocycles. The van der Waals surface area contributed by atoms with E-state index < -0.39 is 6.10 Å². The van der Waals surface area contributed by atoms with Gasteiger partial charge in [0.1, 0.15) is 23.3 Å². The van der Waals surface area contributed by atoms with Crippen LogP contribution in [0.3, 0.4) is 0 Å². The maximum absolute atomic E-state index is 12.7. The third kappa shape index (κ3) is 3.46. The van der Waals surface area contributed by atoms with E-state index in [-0.39, 0.29) is 18.7 Å². The number of ether oxygens (including phenoxy) is 1. The molecule has 0 aliphatic heterocycles. The van der Waals surface area contributed by atoms with Gasteiger partial charge < -0.3 is 9.84 Å². The fourth-order valence-corrected chi connectivity index (χ4v) is 4.12. The Morgan fingerprint density at radius 2 is 1.96 bits per heavy atom. The average molecular weight is 380 g/mol. The normalized spacial score (nSPS) is 12.6. The first kappa shape index (κ1) is 17.7. The summed E-state index contributed by atoms with van der Waals surface area (Å²) in [5.41, 5.74) is 0.843. The van der Waals surface area contributed by atoms with Crippen LogP contribution in [0, 0.1) is 13.8 Å². The molecule has 1 N–H and O–H groups in total. The summed E-state index contributed by atoms with van der Waals surface area (Å²) in [4.78, 5) is 18.9. The summed E-state index contributed by atoms with van der Waals surface area (Å²) in [5, 5.41) is 13.2. The van der Waals surface area contributed by atoms with Gasteiger partial charge in [0.15, 0.2) is 0 Å². The van der Waals surface area contributed by atoms with Crippen molar-refractivity contribution in [3.63, 3.8) is 0 Å². The third-order valence-electron chi connectivity index (χ3n) is 4.73. The molecule has 0 aliphatic rings. The van der Waals surface area contributed by atoms with Gasteiger partial charge in [0, 0.05) is 4.88 Å². The van der Waals surface area contributed by atoms with E-state index in [4.69, 9.17) is 4.74 Å². The van der Waals surface area contributed by atoms with Gasteiger partial charge in [-0.15, -0.1) is 11.3 Å². The Morgan fingerprint density at radius 3 is 2.78 bits per heavy atom. The maximum atomic E-state index is 12.7. The molecule has 4 aromatic rings. The van der Waals surface area contributed by atoms with Crippen LogP contribution in [-0.2, 0) is 6.54 Å². The van der Waals surface area contributed by atoms with Crippen molar-refractivity contribution in [2.75, 3.05) is 6.61 Å². The van der Waals surface area contributed by atoms with E-state index in [1.165, 1.54) is 22.2 Å². The Balaban J connectivity index is 1.48. The summed E-state index contributed by atoms with van der Waals surface area (Å²) in [6, 6.07) is 13.8. The van der Waals surface area contributed by atoms with Crippen LogP contribution in [0.5, 0.6) is 5.75 Å². The standard InChI is InChI=1S/C21H20N2O3S/c1-13-14(2)27-20-19(13)21(25)23(12-22-20)10-17(24)11-26-18-8-7-15-5-3-4-6-16(15)9-18/h3-9,12,17,24H,10-11H2,1-2H3. The van der Waals surface area contributed by atoms with Crippen molar-refractivity contribution in [1.82, 2.24) is 9.55 Å². The number of hydrogen-bond acceptors (Lipinski definition) is 5. The van der Waals surface area contributed by atoms with Crippen molar-refractivity contribution in [3.8, 4) is 5.75 Å². The van der Waals surface area contributed by atoms with Gasteiger partial charge in [0.05, 0.1) is 18.3 Å². The van der Waals surface area contributed by atoms with E-state index in [0.717, 1.165) is 26.0 Å². The number of aryl methyl sites for hydroxylation is 2. The number of aromatic nitrogens is 2. The molecule has 2 aromatic heterocycles. The number of thiophene rings is 1. The van der Waals surface area contributed by atoms with Crippen molar-refractivity contribution >= 4 is 32.3 Å². The van der Waals surface area contributed by atoms with E-state index in [1.807, 2.05) is 56.3 Å². The van der Waals surface area contributed by atoms with Crippen LogP contribution < -0.4 is 10.3 Å². The van der Waals surface area contributed by atoms with Crippen LogP contribution in [0.15, 0.2) is 53.6 Å². The first-order chi connectivity index (χ1) is 13.0. The Morgan fingerprint density at radius 1 is 1.19 bits per heavy atom. The Bertz CT molecular complexity index is 1180. The van der Waals surface area contributed by atoms with Gasteiger partial charge in [-0.1, -0.05) is 30.3 Å². The molecule has 2 aromatic carbocycles. The Kier molecular flexibility index (Phi) is 4.68. The van der Waals surface area contributed by atoms with Crippen LogP contribution in [0.1, 0.15) is 10.4 Å². The maximum Gasteiger partial charge on any atom is 0.262 e. The minimum absolute atomic E-state index is 0.102. The number of hydrogen-bond donors (Lipinski definition) is 1. The van der Waals surface area contributed by atoms with E-state index in [1.54, 1.807) is 0 Å². The number of rotatable bonds is 5. The molecule has 0 bridgehead atoms. The minimum atomic E-state index is -0.812. The van der Waals surface area contributed by atoms with E-state index >= 15 is 0 Å². The summed E-state index contributed by atoms with van der Waals surface area (Å²) in [6.07, 6.45) is 0.688. The molecule has 0 spiro atoms. The quantitative estimate of drug-likeness (QED) is 0.574. The summed E-state index contributed by atoms with van der Waals surface area (Å²) in [6.45, 7) is 4.16. The SMILES string of the molecule is Cc1sc2ncn(CC(O)COc3ccc4ccccc4c3)c(=O)c2c1C. The highest BCUT2D eigenvalue weighted by Gasteiger charge is 2.14. The minimum Gasteiger partial charge on any atom is -0.491 e. The molecule has 6 heteroatoms. The van der Waals surface area contributed by atoms with Gasteiger partial charge in [-0.3, -0.25) is 9.36 Å². The van der Waals surface area contributed by atoms with E-state index in [0.29, 0.717) is 11.1 Å². The van der Waals surface area contributed by atoms with Crippen LogP contribution in [0.2, 0.25) is 0 Å². The topological polar surface area (TPSA) is 64.3 Å². The molecule has 0 aliphatic carbocycles. The number of benzene rings is 2. The number of aliphatic hydroxyl groups excluding tert-OH is 1. The lowest BCUT2D eigenvalue weighted by atomic mass is 10.1. The molecule has 4 rings (SSSR count). The van der Waals surface area contributed by atoms with Crippen molar-refractivity contribution < 1.29 is 9.84 Å². The molecule has 2 heterocycles. The molecule has 27 heavy (non-hydrogen) atoms. The average Bonchev–Trinajstić information content (AvgIpc) is 2.97. The molecule has 138 valence electrons. The number of aliphatic hydroxyl groups is 1. The van der Waals surface area contributed by atoms with Crippen LogP contribution >= 0.6 is 11.3 Å². The second-order valence-electron chi connectivity index (χ2n) is 6.64. The van der Waals surface area contributed by atoms with Crippen LogP contribution in [0.4, 0.5) is 0 Å². The fourth-order valence-electron chi connectivity index (χ4n) is 3.13. The summed E-state index contributed by atoms with van der Waals surface area (Å²) in [7, 11) is 0. The highest BCUT2D eigenvalue weighted by Crippen LogP contribution is 2.25. The smallest absolute Gasteiger partial charge is 0.262 e. The lowest BCUT2D eigenvalue weighted by Gasteiger charge is -2.14. The predicted octanol–water partition coefficient (Wildman–Crippen LogP) is 3.67. The molecule has 0 saturated carbocycles. The zero-order chi connectivity index (χ0) is 19.0. The summed E-state index contributed by atoms with van der Waals surface area (Å²) in [5.74, 6) is 0.693. The van der Waals surface area contributed by atoms with E-state index in [2.05, 4.69) is 4.98 Å². The molecular weight excluding hydrogens is 360 g/mol. The van der Waals surface area contributed by atoms with Crippen LogP contribution in [0.25, 0.3) is 21.0 Å². The molecule has 0 amide bonds. The molecular formula is C21H20N2O3S. The third-order valence-corrected chi connectivity index (χ3v) is 5.84. The number of nitrogens with zero attached hydrogens (tertiary/aromatic N) is 2. The van der Waals surface area contributed by atoms with Crippen molar-refractivity contribution in [2.24, 2.45) is 0 Å². The van der Waals surface area contributed by atoms with Crippen molar-refractivity contribution in [1.29, 1.82) is 0 Å². The van der Waals surface area contributed by atoms with Crippen molar-refractivity contribution in [2.45, 2.75) is 26.5 Å². The lowest BCUT2D eigenvalue weighted by Crippen LogP contribution is -2.30. The van der Waals surface area contributed by atoms with Gasteiger partial charge in [-0.2, -0.15) is 0 Å². The first-order valence-corrected chi connectivity index (χ1v) is 9.59. The van der Waals surface area contributed by atoms with E-state index in [9.17, 15) is 9.90 Å². The molecule has 0 radical (unpaired) electrons. The molecule has 0 fully saturated rings. The van der Waals surface area contributed by atoms with Crippen molar-refractivity contribution in [3.05, 3.63) is 69.6 Å². The Hall–Kier alpha value is -2.70. The highest BCUT2D eigenvalue weighted by atomic mass is 32.1. The van der Waals surface area contributed by atoms with Crippen LogP contribution in [-0.4, -0.2) is 27.4 Å². The van der Waals surface area contributed by atoms with Gasteiger partial charge in [-0.25, -0.2) is 4.98 Å². The number of fused-ring (bicyclic) bond motifs is 2. The lowest BCUT2D eigenvalue weighted by molar-refractivity contribution is 0.0915. The molecule has 5 nitrogen and oxygen atoms in total. The Labute approximate surface area is 160 Å². The summed E-state index contributed by atoms with van der Waals surface area (Å²) >= 11 is 1.52.